The van der Waals surface area contributed by atoms with Gasteiger partial charge in [-0.15, -0.1) is 0 Å². The molecule has 1 aliphatic rings. The summed E-state index contributed by atoms with van der Waals surface area (Å²) in [7, 11) is 0. The summed E-state index contributed by atoms with van der Waals surface area (Å²) >= 11 is -0.251. The van der Waals surface area contributed by atoms with E-state index < -0.39 is 0 Å². The van der Waals surface area contributed by atoms with Crippen molar-refractivity contribution in [3.63, 3.8) is 0 Å². The maximum absolute atomic E-state index is 2.45. The Morgan fingerprint density at radius 1 is 1.05 bits per heavy atom. The maximum atomic E-state index is 2.45. The predicted octanol–water partition coefficient (Wildman–Crippen LogP) is -0.441. The Labute approximate surface area is 170 Å². The molecule has 0 heterocycles. The molecule has 2 rings (SSSR count). The van der Waals surface area contributed by atoms with Crippen LogP contribution in [-0.4, -0.2) is 5.92 Å². The van der Waals surface area contributed by atoms with Gasteiger partial charge in [0.15, 0.2) is 0 Å². The van der Waals surface area contributed by atoms with Crippen molar-refractivity contribution < 1.29 is 56.4 Å². The Hall–Kier alpha value is 1.02. The van der Waals surface area contributed by atoms with E-state index in [0.717, 1.165) is 3.63 Å². The molecule has 1 aliphatic carbocycles. The SMILES string of the molecule is CCCCC1=C(C)c2ccccc2[CH]1[Zr+2][SiH](CC)CC.[Br-].[Br-]. The van der Waals surface area contributed by atoms with Gasteiger partial charge in [-0.2, -0.15) is 0 Å². The van der Waals surface area contributed by atoms with Crippen molar-refractivity contribution in [3.05, 3.63) is 41.0 Å². The molecule has 4 heteroatoms. The third-order valence-corrected chi connectivity index (χ3v) is 21.0. The fourth-order valence-corrected chi connectivity index (χ4v) is 16.5. The van der Waals surface area contributed by atoms with E-state index in [9.17, 15) is 0 Å². The van der Waals surface area contributed by atoms with E-state index in [4.69, 9.17) is 0 Å². The zero-order chi connectivity index (χ0) is 14.5. The van der Waals surface area contributed by atoms with Crippen molar-refractivity contribution in [1.29, 1.82) is 0 Å². The Balaban J connectivity index is 0.00000220. The average molecular weight is 524 g/mol. The third-order valence-electron chi connectivity index (χ3n) is 4.69. The number of benzene rings is 1. The number of allylic oxidation sites excluding steroid dienone is 2. The summed E-state index contributed by atoms with van der Waals surface area (Å²) in [6, 6.07) is 12.3. The fraction of sp³-hybridized carbons (Fsp3) is 0.556. The van der Waals surface area contributed by atoms with Crippen LogP contribution < -0.4 is 34.0 Å². The van der Waals surface area contributed by atoms with E-state index in [0.29, 0.717) is 0 Å². The van der Waals surface area contributed by atoms with Crippen LogP contribution in [-0.2, 0) is 22.4 Å². The molecular formula is C18H28Br2SiZr. The van der Waals surface area contributed by atoms with Gasteiger partial charge in [-0.25, -0.2) is 0 Å². The normalized spacial score (nSPS) is 16.0. The molecule has 1 aromatic rings. The van der Waals surface area contributed by atoms with Crippen LogP contribution in [0.25, 0.3) is 5.57 Å². The van der Waals surface area contributed by atoms with Crippen LogP contribution in [0.15, 0.2) is 29.8 Å². The number of fused-ring (bicyclic) bond motifs is 1. The smallest absolute Gasteiger partial charge is 1.00 e. The van der Waals surface area contributed by atoms with E-state index in [1.54, 1.807) is 16.7 Å². The number of unbranched alkanes of at least 4 members (excludes halogenated alkanes) is 1. The molecule has 0 aliphatic heterocycles. The summed E-state index contributed by atoms with van der Waals surface area (Å²) in [5, 5.41) is 0. The minimum absolute atomic E-state index is 0. The number of hydrogen-bond acceptors (Lipinski definition) is 0. The Morgan fingerprint density at radius 3 is 2.27 bits per heavy atom. The second kappa shape index (κ2) is 11.6. The van der Waals surface area contributed by atoms with Gasteiger partial charge in [-0.05, 0) is 0 Å². The third kappa shape index (κ3) is 5.26. The molecule has 0 nitrogen and oxygen atoms in total. The first kappa shape index (κ1) is 23.0. The van der Waals surface area contributed by atoms with Gasteiger partial charge in [0.1, 0.15) is 0 Å². The summed E-state index contributed by atoms with van der Waals surface area (Å²) in [6.07, 6.45) is 4.06. The van der Waals surface area contributed by atoms with E-state index in [2.05, 4.69) is 52.0 Å². The van der Waals surface area contributed by atoms with E-state index >= 15 is 0 Å². The Bertz CT molecular complexity index is 484. The molecule has 0 aromatic heterocycles. The summed E-state index contributed by atoms with van der Waals surface area (Å²) in [5.41, 5.74) is 6.78. The first-order valence-corrected chi connectivity index (χ1v) is 16.2. The zero-order valence-corrected chi connectivity index (χ0v) is 21.0. The number of rotatable bonds is 7. The second-order valence-electron chi connectivity index (χ2n) is 5.95. The minimum atomic E-state index is -0.368. The molecule has 0 radical (unpaired) electrons. The van der Waals surface area contributed by atoms with Crippen molar-refractivity contribution in [2.24, 2.45) is 0 Å². The molecule has 1 aromatic carbocycles. The van der Waals surface area contributed by atoms with Gasteiger partial charge in [-0.3, -0.25) is 0 Å². The summed E-state index contributed by atoms with van der Waals surface area (Å²) in [4.78, 5) is 0. The molecule has 0 saturated carbocycles. The monoisotopic (exact) mass is 520 g/mol. The summed E-state index contributed by atoms with van der Waals surface area (Å²) in [5.74, 6) is -0.368. The van der Waals surface area contributed by atoms with Crippen molar-refractivity contribution in [2.45, 2.75) is 62.7 Å². The van der Waals surface area contributed by atoms with Gasteiger partial charge in [0.25, 0.3) is 0 Å². The molecule has 0 fully saturated rings. The molecule has 1 unspecified atom stereocenters. The van der Waals surface area contributed by atoms with Crippen LogP contribution in [0.1, 0.15) is 61.7 Å². The molecular weight excluding hydrogens is 495 g/mol. The van der Waals surface area contributed by atoms with Crippen molar-refractivity contribution in [3.8, 4) is 0 Å². The van der Waals surface area contributed by atoms with Crippen LogP contribution in [0.4, 0.5) is 0 Å². The first-order chi connectivity index (χ1) is 9.72. The molecule has 0 N–H and O–H groups in total. The Morgan fingerprint density at radius 2 is 1.68 bits per heavy atom. The van der Waals surface area contributed by atoms with E-state index in [1.165, 1.54) is 31.4 Å². The largest absolute Gasteiger partial charge is 1.00 e. The van der Waals surface area contributed by atoms with Crippen LogP contribution in [0, 0.1) is 0 Å². The molecule has 0 bridgehead atoms. The number of halogens is 2. The van der Waals surface area contributed by atoms with Gasteiger partial charge in [0, 0.05) is 0 Å². The fourth-order valence-electron chi connectivity index (χ4n) is 3.32. The van der Waals surface area contributed by atoms with Gasteiger partial charge in [0.2, 0.25) is 0 Å². The summed E-state index contributed by atoms with van der Waals surface area (Å²) in [6.45, 7) is 9.61. The quantitative estimate of drug-likeness (QED) is 0.426. The molecule has 0 amide bonds. The van der Waals surface area contributed by atoms with E-state index in [-0.39, 0.29) is 62.3 Å². The zero-order valence-electron chi connectivity index (χ0n) is 14.3. The van der Waals surface area contributed by atoms with Crippen LogP contribution in [0.3, 0.4) is 0 Å². The summed E-state index contributed by atoms with van der Waals surface area (Å²) < 4.78 is 0.929. The van der Waals surface area contributed by atoms with Crippen molar-refractivity contribution in [2.75, 3.05) is 0 Å². The van der Waals surface area contributed by atoms with E-state index in [1.807, 2.05) is 5.57 Å². The molecule has 122 valence electrons. The Kier molecular flexibility index (Phi) is 12.1. The molecule has 1 atom stereocenters. The minimum Gasteiger partial charge on any atom is -1.00 e. The van der Waals surface area contributed by atoms with Gasteiger partial charge >= 0.3 is 138 Å². The van der Waals surface area contributed by atoms with Gasteiger partial charge < -0.3 is 34.0 Å². The average Bonchev–Trinajstić information content (AvgIpc) is 2.75. The standard InChI is InChI=1S/C14H17.C4H11Si.2BrH.Zr/c1-3-4-7-12-10-13-8-5-6-9-14(13)11(12)2;1-3-5-4-2;;;/h5-6,8-10H,3-4,7H2,1-2H3;5H,3-4H2,1-2H3;2*1H;/q;;;;+2/p-2. The number of hydrogen-bond donors (Lipinski definition) is 0. The van der Waals surface area contributed by atoms with Crippen LogP contribution in [0.2, 0.25) is 12.1 Å². The maximum Gasteiger partial charge on any atom is -1.00 e. The predicted molar refractivity (Wildman–Crippen MR) is 89.4 cm³/mol. The topological polar surface area (TPSA) is 0 Å². The second-order valence-corrected chi connectivity index (χ2v) is 19.2. The molecule has 0 spiro atoms. The van der Waals surface area contributed by atoms with Crippen LogP contribution >= 0.6 is 0 Å². The van der Waals surface area contributed by atoms with Gasteiger partial charge in [0.05, 0.1) is 0 Å². The van der Waals surface area contributed by atoms with Gasteiger partial charge in [-0.1, -0.05) is 0 Å². The first-order valence-electron chi connectivity index (χ1n) is 8.27. The molecule has 22 heavy (non-hydrogen) atoms. The van der Waals surface area contributed by atoms with Crippen molar-refractivity contribution in [1.82, 2.24) is 0 Å². The van der Waals surface area contributed by atoms with Crippen molar-refractivity contribution >= 4 is 11.5 Å². The molecule has 0 saturated heterocycles. The van der Waals surface area contributed by atoms with Crippen LogP contribution in [0.5, 0.6) is 0 Å².